The van der Waals surface area contributed by atoms with E-state index < -0.39 is 0 Å². The monoisotopic (exact) mass is 294 g/mol. The van der Waals surface area contributed by atoms with E-state index in [2.05, 4.69) is 60.0 Å². The second-order valence-electron chi connectivity index (χ2n) is 5.81. The van der Waals surface area contributed by atoms with Gasteiger partial charge in [0, 0.05) is 11.9 Å². The van der Waals surface area contributed by atoms with Crippen LogP contribution in [0, 0.1) is 13.8 Å². The highest BCUT2D eigenvalue weighted by Gasteiger charge is 2.01. The normalized spacial score (nSPS) is 11.0. The lowest BCUT2D eigenvalue weighted by molar-refractivity contribution is 0.302. The van der Waals surface area contributed by atoms with Crippen LogP contribution in [0.1, 0.15) is 24.0 Å². The summed E-state index contributed by atoms with van der Waals surface area (Å²) in [6.07, 6.45) is 4.03. The van der Waals surface area contributed by atoms with Gasteiger partial charge in [0.15, 0.2) is 0 Å². The molecule has 0 unspecified atom stereocenters. The van der Waals surface area contributed by atoms with Crippen LogP contribution in [0.4, 0.5) is 0 Å². The molecule has 0 radical (unpaired) electrons. The first-order valence-electron chi connectivity index (χ1n) is 7.84. The van der Waals surface area contributed by atoms with E-state index in [1.165, 1.54) is 22.0 Å². The number of nitrogens with zero attached hydrogens (tertiary/aromatic N) is 2. The number of aryl methyl sites for hydroxylation is 3. The maximum Gasteiger partial charge on any atom is 0.119 e. The molecule has 0 N–H and O–H groups in total. The van der Waals surface area contributed by atoms with Crippen LogP contribution in [0.15, 0.2) is 48.7 Å². The average Bonchev–Trinajstić information content (AvgIpc) is 2.89. The van der Waals surface area contributed by atoms with Crippen molar-refractivity contribution < 1.29 is 4.74 Å². The molecule has 0 amide bonds. The molecule has 0 aliphatic heterocycles. The number of aromatic nitrogens is 2. The van der Waals surface area contributed by atoms with Crippen molar-refractivity contribution >= 4 is 10.9 Å². The standard InChI is InChI=1S/C19H22N2O/c1-15-11-16(2)13-18(12-15)22-10-6-5-9-21-19-8-4-3-7-17(19)14-20-21/h3-4,7-8,11-14H,5-6,9-10H2,1-2H3. The molecule has 0 saturated carbocycles. The van der Waals surface area contributed by atoms with Crippen LogP contribution >= 0.6 is 0 Å². The van der Waals surface area contributed by atoms with E-state index in [4.69, 9.17) is 4.74 Å². The molecule has 2 aromatic carbocycles. The highest BCUT2D eigenvalue weighted by atomic mass is 16.5. The summed E-state index contributed by atoms with van der Waals surface area (Å²) in [7, 11) is 0. The molecule has 3 nitrogen and oxygen atoms in total. The zero-order chi connectivity index (χ0) is 15.4. The van der Waals surface area contributed by atoms with Crippen LogP contribution in [-0.2, 0) is 6.54 Å². The molecule has 1 heterocycles. The fourth-order valence-corrected chi connectivity index (χ4v) is 2.77. The summed E-state index contributed by atoms with van der Waals surface area (Å²) in [6.45, 7) is 5.89. The summed E-state index contributed by atoms with van der Waals surface area (Å²) >= 11 is 0. The van der Waals surface area contributed by atoms with Crippen molar-refractivity contribution in [1.29, 1.82) is 0 Å². The Morgan fingerprint density at radius 1 is 1.00 bits per heavy atom. The fraction of sp³-hybridized carbons (Fsp3) is 0.316. The molecule has 0 fully saturated rings. The van der Waals surface area contributed by atoms with Gasteiger partial charge in [-0.1, -0.05) is 24.3 Å². The number of hydrogen-bond acceptors (Lipinski definition) is 2. The van der Waals surface area contributed by atoms with E-state index in [0.29, 0.717) is 0 Å². The highest BCUT2D eigenvalue weighted by Crippen LogP contribution is 2.17. The van der Waals surface area contributed by atoms with Crippen LogP contribution in [-0.4, -0.2) is 16.4 Å². The summed E-state index contributed by atoms with van der Waals surface area (Å²) < 4.78 is 7.92. The number of rotatable bonds is 6. The molecule has 22 heavy (non-hydrogen) atoms. The SMILES string of the molecule is Cc1cc(C)cc(OCCCCn2ncc3ccccc32)c1. The van der Waals surface area contributed by atoms with Gasteiger partial charge in [0.05, 0.1) is 18.3 Å². The average molecular weight is 294 g/mol. The maximum atomic E-state index is 5.84. The zero-order valence-corrected chi connectivity index (χ0v) is 13.2. The smallest absolute Gasteiger partial charge is 0.119 e. The van der Waals surface area contributed by atoms with Crippen molar-refractivity contribution in [3.05, 3.63) is 59.8 Å². The van der Waals surface area contributed by atoms with Gasteiger partial charge in [-0.3, -0.25) is 4.68 Å². The quantitative estimate of drug-likeness (QED) is 0.625. The lowest BCUT2D eigenvalue weighted by Gasteiger charge is -2.08. The summed E-state index contributed by atoms with van der Waals surface area (Å²) in [5.74, 6) is 0.974. The van der Waals surface area contributed by atoms with Crippen LogP contribution in [0.5, 0.6) is 5.75 Å². The Kier molecular flexibility index (Phi) is 4.42. The first-order chi connectivity index (χ1) is 10.7. The highest BCUT2D eigenvalue weighted by molar-refractivity contribution is 5.78. The van der Waals surface area contributed by atoms with E-state index in [-0.39, 0.29) is 0 Å². The third-order valence-electron chi connectivity index (χ3n) is 3.78. The van der Waals surface area contributed by atoms with Gasteiger partial charge in [0.2, 0.25) is 0 Å². The number of ether oxygens (including phenoxy) is 1. The van der Waals surface area contributed by atoms with Crippen LogP contribution in [0.25, 0.3) is 10.9 Å². The Labute approximate surface area is 131 Å². The molecule has 0 bridgehead atoms. The molecule has 3 rings (SSSR count). The van der Waals surface area contributed by atoms with E-state index in [1.807, 2.05) is 12.3 Å². The van der Waals surface area contributed by atoms with Gasteiger partial charge in [-0.25, -0.2) is 0 Å². The van der Waals surface area contributed by atoms with Gasteiger partial charge in [0.25, 0.3) is 0 Å². The van der Waals surface area contributed by atoms with Gasteiger partial charge >= 0.3 is 0 Å². The van der Waals surface area contributed by atoms with E-state index in [1.54, 1.807) is 0 Å². The summed E-state index contributed by atoms with van der Waals surface area (Å²) in [4.78, 5) is 0. The molecular weight excluding hydrogens is 272 g/mol. The van der Waals surface area contributed by atoms with Crippen molar-refractivity contribution in [3.63, 3.8) is 0 Å². The Bertz CT molecular complexity index is 741. The number of unbranched alkanes of at least 4 members (excludes halogenated alkanes) is 1. The molecule has 0 aliphatic rings. The van der Waals surface area contributed by atoms with E-state index in [9.17, 15) is 0 Å². The molecule has 1 aromatic heterocycles. The van der Waals surface area contributed by atoms with Crippen molar-refractivity contribution in [2.75, 3.05) is 6.61 Å². The van der Waals surface area contributed by atoms with Gasteiger partial charge in [-0.15, -0.1) is 0 Å². The Morgan fingerprint density at radius 2 is 1.77 bits per heavy atom. The summed E-state index contributed by atoms with van der Waals surface area (Å²) in [5.41, 5.74) is 3.70. The van der Waals surface area contributed by atoms with Crippen molar-refractivity contribution in [1.82, 2.24) is 9.78 Å². The maximum absolute atomic E-state index is 5.84. The number of para-hydroxylation sites is 1. The second kappa shape index (κ2) is 6.65. The molecular formula is C19H22N2O. The minimum atomic E-state index is 0.752. The van der Waals surface area contributed by atoms with E-state index >= 15 is 0 Å². The number of benzene rings is 2. The zero-order valence-electron chi connectivity index (χ0n) is 13.2. The van der Waals surface area contributed by atoms with Crippen molar-refractivity contribution in [3.8, 4) is 5.75 Å². The Morgan fingerprint density at radius 3 is 2.59 bits per heavy atom. The van der Waals surface area contributed by atoms with Crippen LogP contribution < -0.4 is 4.74 Å². The van der Waals surface area contributed by atoms with Gasteiger partial charge in [-0.05, 0) is 56.0 Å². The fourth-order valence-electron chi connectivity index (χ4n) is 2.77. The Hall–Kier alpha value is -2.29. The molecule has 0 atom stereocenters. The molecule has 114 valence electrons. The van der Waals surface area contributed by atoms with Crippen molar-refractivity contribution in [2.24, 2.45) is 0 Å². The molecule has 3 heteroatoms. The first-order valence-corrected chi connectivity index (χ1v) is 7.84. The van der Waals surface area contributed by atoms with Crippen molar-refractivity contribution in [2.45, 2.75) is 33.2 Å². The summed E-state index contributed by atoms with van der Waals surface area (Å²) in [6, 6.07) is 14.7. The minimum absolute atomic E-state index is 0.752. The Balaban J connectivity index is 1.47. The minimum Gasteiger partial charge on any atom is -0.494 e. The van der Waals surface area contributed by atoms with E-state index in [0.717, 1.165) is 31.7 Å². The van der Waals surface area contributed by atoms with Gasteiger partial charge < -0.3 is 4.74 Å². The number of hydrogen-bond donors (Lipinski definition) is 0. The lowest BCUT2D eigenvalue weighted by atomic mass is 10.1. The first kappa shape index (κ1) is 14.6. The van der Waals surface area contributed by atoms with Crippen LogP contribution in [0.2, 0.25) is 0 Å². The molecule has 0 saturated heterocycles. The predicted octanol–water partition coefficient (Wildman–Crippen LogP) is 4.51. The third-order valence-corrected chi connectivity index (χ3v) is 3.78. The van der Waals surface area contributed by atoms with Gasteiger partial charge in [-0.2, -0.15) is 5.10 Å². The van der Waals surface area contributed by atoms with Gasteiger partial charge in [0.1, 0.15) is 5.75 Å². The third kappa shape index (κ3) is 3.48. The molecule has 0 aliphatic carbocycles. The second-order valence-corrected chi connectivity index (χ2v) is 5.81. The lowest BCUT2D eigenvalue weighted by Crippen LogP contribution is -2.03. The summed E-state index contributed by atoms with van der Waals surface area (Å²) in [5, 5.41) is 5.65. The molecule has 3 aromatic rings. The molecule has 0 spiro atoms. The number of fused-ring (bicyclic) bond motifs is 1. The largest absolute Gasteiger partial charge is 0.494 e. The topological polar surface area (TPSA) is 27.1 Å². The predicted molar refractivity (Wildman–Crippen MR) is 90.4 cm³/mol. The van der Waals surface area contributed by atoms with Crippen LogP contribution in [0.3, 0.4) is 0 Å².